The Labute approximate surface area is 157 Å². The fourth-order valence-corrected chi connectivity index (χ4v) is 4.18. The molecule has 9 heteroatoms. The number of thiophene rings is 1. The number of hydrogen-bond acceptors (Lipinski definition) is 6. The van der Waals surface area contributed by atoms with Crippen molar-refractivity contribution in [3.8, 4) is 0 Å². The minimum Gasteiger partial charge on any atom is -0.403 e. The van der Waals surface area contributed by atoms with Crippen LogP contribution in [-0.4, -0.2) is 31.8 Å². The van der Waals surface area contributed by atoms with Crippen LogP contribution in [0.3, 0.4) is 0 Å². The predicted molar refractivity (Wildman–Crippen MR) is 99.4 cm³/mol. The van der Waals surface area contributed by atoms with E-state index in [0.29, 0.717) is 13.0 Å². The van der Waals surface area contributed by atoms with E-state index in [1.807, 2.05) is 13.8 Å². The van der Waals surface area contributed by atoms with Crippen molar-refractivity contribution in [2.75, 3.05) is 26.7 Å². The van der Waals surface area contributed by atoms with E-state index >= 15 is 0 Å². The van der Waals surface area contributed by atoms with Crippen LogP contribution in [0.1, 0.15) is 42.0 Å². The largest absolute Gasteiger partial charge is 0.425 e. The van der Waals surface area contributed by atoms with E-state index in [9.17, 15) is 13.2 Å². The number of piperidine rings is 1. The zero-order valence-corrected chi connectivity index (χ0v) is 16.3. The van der Waals surface area contributed by atoms with Crippen LogP contribution in [0.4, 0.5) is 13.2 Å². The lowest BCUT2D eigenvalue weighted by Gasteiger charge is -2.40. The number of nitrogens with two attached hydrogens (primary N) is 2. The summed E-state index contributed by atoms with van der Waals surface area (Å²) >= 11 is 0.870. The Balaban J connectivity index is 0.000000363. The third-order valence-electron chi connectivity index (χ3n) is 3.98. The molecule has 0 bridgehead atoms. The van der Waals surface area contributed by atoms with E-state index in [1.54, 1.807) is 13.2 Å². The molecule has 0 unspecified atom stereocenters. The topological polar surface area (TPSA) is 76.5 Å². The average molecular weight is 395 g/mol. The summed E-state index contributed by atoms with van der Waals surface area (Å²) < 4.78 is 44.2. The van der Waals surface area contributed by atoms with Crippen molar-refractivity contribution in [2.24, 2.45) is 11.6 Å². The summed E-state index contributed by atoms with van der Waals surface area (Å²) in [6.07, 6.45) is 0.808. The maximum atomic E-state index is 12.8. The van der Waals surface area contributed by atoms with Gasteiger partial charge in [0, 0.05) is 24.3 Å². The molecule has 26 heavy (non-hydrogen) atoms. The smallest absolute Gasteiger partial charge is 0.403 e. The van der Waals surface area contributed by atoms with E-state index in [2.05, 4.69) is 5.32 Å². The molecule has 0 amide bonds. The number of hydrazine groups is 1. The summed E-state index contributed by atoms with van der Waals surface area (Å²) in [7, 11) is 1.70. The van der Waals surface area contributed by atoms with Crippen molar-refractivity contribution >= 4 is 11.3 Å². The molecule has 150 valence electrons. The first-order chi connectivity index (χ1) is 12.3. The maximum absolute atomic E-state index is 12.8. The van der Waals surface area contributed by atoms with E-state index < -0.39 is 16.7 Å². The highest BCUT2D eigenvalue weighted by Gasteiger charge is 2.43. The van der Waals surface area contributed by atoms with Crippen molar-refractivity contribution in [1.29, 1.82) is 0 Å². The molecular weight excluding hydrogens is 365 g/mol. The van der Waals surface area contributed by atoms with Crippen molar-refractivity contribution in [3.05, 3.63) is 33.8 Å². The molecule has 2 aliphatic heterocycles. The minimum absolute atomic E-state index is 0.465. The summed E-state index contributed by atoms with van der Waals surface area (Å²) in [5, 5.41) is 4.60. The minimum atomic E-state index is -4.24. The van der Waals surface area contributed by atoms with E-state index in [1.165, 1.54) is 17.3 Å². The first kappa shape index (κ1) is 22.8. The molecule has 1 aromatic heterocycles. The number of ether oxygens (including phenoxy) is 1. The Morgan fingerprint density at radius 2 is 1.92 bits per heavy atom. The molecule has 1 saturated heterocycles. The number of nitrogens with zero attached hydrogens (tertiary/aromatic N) is 1. The Hall–Kier alpha value is -1.29. The first-order valence-corrected chi connectivity index (χ1v) is 9.51. The highest BCUT2D eigenvalue weighted by atomic mass is 32.1. The van der Waals surface area contributed by atoms with Crippen molar-refractivity contribution in [2.45, 2.75) is 44.9 Å². The fourth-order valence-electron chi connectivity index (χ4n) is 2.90. The van der Waals surface area contributed by atoms with Crippen LogP contribution in [0.2, 0.25) is 0 Å². The van der Waals surface area contributed by atoms with Gasteiger partial charge in [0.25, 0.3) is 0 Å². The molecule has 1 aromatic rings. The van der Waals surface area contributed by atoms with Gasteiger partial charge in [0.1, 0.15) is 10.5 Å². The second-order valence-corrected chi connectivity index (χ2v) is 6.86. The van der Waals surface area contributed by atoms with E-state index in [4.69, 9.17) is 16.3 Å². The number of rotatable bonds is 1. The number of fused-ring (bicyclic) bond motifs is 2. The van der Waals surface area contributed by atoms with Gasteiger partial charge < -0.3 is 20.8 Å². The Bertz CT molecular complexity index is 567. The third-order valence-corrected chi connectivity index (χ3v) is 5.39. The summed E-state index contributed by atoms with van der Waals surface area (Å²) in [6.45, 7) is 6.14. The number of alkyl halides is 3. The van der Waals surface area contributed by atoms with Crippen LogP contribution in [-0.2, 0) is 22.9 Å². The number of nitrogens with one attached hydrogen (secondary N) is 1. The predicted octanol–water partition coefficient (Wildman–Crippen LogP) is 3.17. The van der Waals surface area contributed by atoms with Gasteiger partial charge in [-0.05, 0) is 44.0 Å². The zero-order chi connectivity index (χ0) is 19.8. The standard InChI is InChI=1S/C12H14F3NOS.C3H9N3.C2H6/c13-12(14,15)9-7-8-1-6-17-11(10(8)18-9)2-4-16-5-3-11;1-6(5)3-2-4;1-2/h7,16H,1-6H2;2-3H,4-5H2,1H3;1-2H3/b;3-2-;. The highest BCUT2D eigenvalue weighted by molar-refractivity contribution is 7.12. The van der Waals surface area contributed by atoms with Crippen LogP contribution in [0.5, 0.6) is 0 Å². The fraction of sp³-hybridized carbons (Fsp3) is 0.647. The van der Waals surface area contributed by atoms with Crippen molar-refractivity contribution < 1.29 is 17.9 Å². The summed E-state index contributed by atoms with van der Waals surface area (Å²) in [5.41, 5.74) is 5.30. The maximum Gasteiger partial charge on any atom is 0.425 e. The van der Waals surface area contributed by atoms with Gasteiger partial charge in [-0.2, -0.15) is 13.2 Å². The monoisotopic (exact) mass is 394 g/mol. The molecule has 0 aliphatic carbocycles. The molecular formula is C17H29F3N4OS. The Kier molecular flexibility index (Phi) is 8.88. The van der Waals surface area contributed by atoms with Gasteiger partial charge in [0.15, 0.2) is 0 Å². The van der Waals surface area contributed by atoms with Crippen LogP contribution in [0.15, 0.2) is 18.5 Å². The lowest BCUT2D eigenvalue weighted by Crippen LogP contribution is -2.43. The van der Waals surface area contributed by atoms with Crippen LogP contribution in [0, 0.1) is 0 Å². The van der Waals surface area contributed by atoms with Gasteiger partial charge in [-0.3, -0.25) is 0 Å². The van der Waals surface area contributed by atoms with E-state index in [-0.39, 0.29) is 0 Å². The second kappa shape index (κ2) is 10.1. The molecule has 5 N–H and O–H groups in total. The Morgan fingerprint density at radius 1 is 1.31 bits per heavy atom. The molecule has 3 rings (SSSR count). The lowest BCUT2D eigenvalue weighted by atomic mass is 9.86. The second-order valence-electron chi connectivity index (χ2n) is 5.81. The van der Waals surface area contributed by atoms with Gasteiger partial charge in [-0.1, -0.05) is 13.8 Å². The van der Waals surface area contributed by atoms with Gasteiger partial charge >= 0.3 is 6.18 Å². The van der Waals surface area contributed by atoms with Crippen LogP contribution >= 0.6 is 11.3 Å². The van der Waals surface area contributed by atoms with Crippen molar-refractivity contribution in [1.82, 2.24) is 10.3 Å². The van der Waals surface area contributed by atoms with E-state index in [0.717, 1.165) is 47.7 Å². The van der Waals surface area contributed by atoms with Gasteiger partial charge in [-0.25, -0.2) is 5.84 Å². The molecule has 0 saturated carbocycles. The molecule has 0 radical (unpaired) electrons. The van der Waals surface area contributed by atoms with Crippen molar-refractivity contribution in [3.63, 3.8) is 0 Å². The lowest BCUT2D eigenvalue weighted by molar-refractivity contribution is -0.134. The normalized spacial score (nSPS) is 18.4. The van der Waals surface area contributed by atoms with Gasteiger partial charge in [0.05, 0.1) is 6.61 Å². The summed E-state index contributed by atoms with van der Waals surface area (Å²) in [4.78, 5) is 0.318. The van der Waals surface area contributed by atoms with Gasteiger partial charge in [-0.15, -0.1) is 11.3 Å². The summed E-state index contributed by atoms with van der Waals surface area (Å²) in [6, 6.07) is 1.31. The first-order valence-electron chi connectivity index (χ1n) is 8.69. The Morgan fingerprint density at radius 3 is 2.38 bits per heavy atom. The number of hydrogen-bond donors (Lipinski definition) is 3. The zero-order valence-electron chi connectivity index (χ0n) is 15.5. The van der Waals surface area contributed by atoms with Crippen LogP contribution in [0.25, 0.3) is 0 Å². The third kappa shape index (κ3) is 5.87. The highest BCUT2D eigenvalue weighted by Crippen LogP contribution is 2.47. The SMILES string of the molecule is CC.CN(N)/C=C\N.FC(F)(F)c1cc2c(s1)C1(CCNCC1)OCC2. The van der Waals surface area contributed by atoms with Crippen LogP contribution < -0.4 is 16.9 Å². The quantitative estimate of drug-likeness (QED) is 0.504. The molecule has 2 aliphatic rings. The van der Waals surface area contributed by atoms with Gasteiger partial charge in [0.2, 0.25) is 0 Å². The molecule has 1 spiro atoms. The number of halogens is 3. The molecule has 3 heterocycles. The average Bonchev–Trinajstić information content (AvgIpc) is 3.04. The molecule has 1 fully saturated rings. The molecule has 5 nitrogen and oxygen atoms in total. The summed E-state index contributed by atoms with van der Waals surface area (Å²) in [5.74, 6) is 5.07. The molecule has 0 aromatic carbocycles. The molecule has 0 atom stereocenters.